The summed E-state index contributed by atoms with van der Waals surface area (Å²) in [5.41, 5.74) is 0. The molecule has 0 fully saturated rings. The van der Waals surface area contributed by atoms with Gasteiger partial charge in [0.25, 0.3) is 0 Å². The van der Waals surface area contributed by atoms with Crippen molar-refractivity contribution in [2.24, 2.45) is 17.8 Å². The number of nitrogens with zero attached hydrogens (tertiary/aromatic N) is 3. The molecule has 1 heterocycles. The Labute approximate surface area is 132 Å². The van der Waals surface area contributed by atoms with Crippen molar-refractivity contribution in [3.8, 4) is 0 Å². The van der Waals surface area contributed by atoms with Crippen molar-refractivity contribution in [3.05, 3.63) is 6.33 Å². The van der Waals surface area contributed by atoms with Crippen LogP contribution in [0.1, 0.15) is 47.6 Å². The topological polar surface area (TPSA) is 59.8 Å². The fourth-order valence-corrected chi connectivity index (χ4v) is 3.22. The average Bonchev–Trinajstić information content (AvgIpc) is 2.84. The van der Waals surface area contributed by atoms with Crippen LogP contribution in [0.2, 0.25) is 0 Å². The lowest BCUT2D eigenvalue weighted by atomic mass is 9.85. The third kappa shape index (κ3) is 5.69. The average molecular weight is 312 g/mol. The summed E-state index contributed by atoms with van der Waals surface area (Å²) >= 11 is 1.44. The number of carbonyl (C=O) groups is 1. The third-order valence-corrected chi connectivity index (χ3v) is 4.63. The fraction of sp³-hybridized carbons (Fsp3) is 0.800. The van der Waals surface area contributed by atoms with E-state index in [9.17, 15) is 4.79 Å². The second-order valence-electron chi connectivity index (χ2n) is 6.36. The summed E-state index contributed by atoms with van der Waals surface area (Å²) < 4.78 is 1.98. The van der Waals surface area contributed by atoms with E-state index in [-0.39, 0.29) is 5.91 Å². The number of aromatic nitrogens is 3. The maximum absolute atomic E-state index is 12.0. The van der Waals surface area contributed by atoms with E-state index in [0.717, 1.165) is 11.7 Å². The van der Waals surface area contributed by atoms with Gasteiger partial charge in [0, 0.05) is 12.6 Å². The quantitative estimate of drug-likeness (QED) is 0.750. The Balaban J connectivity index is 2.42. The highest BCUT2D eigenvalue weighted by atomic mass is 32.2. The largest absolute Gasteiger partial charge is 0.355 e. The van der Waals surface area contributed by atoms with E-state index >= 15 is 0 Å². The molecule has 5 nitrogen and oxygen atoms in total. The molecular formula is C15H28N4OS. The smallest absolute Gasteiger partial charge is 0.230 e. The molecule has 0 saturated carbocycles. The van der Waals surface area contributed by atoms with Crippen molar-refractivity contribution in [1.82, 2.24) is 20.1 Å². The van der Waals surface area contributed by atoms with Gasteiger partial charge in [-0.25, -0.2) is 0 Å². The van der Waals surface area contributed by atoms with Gasteiger partial charge in [0.05, 0.1) is 5.75 Å². The van der Waals surface area contributed by atoms with E-state index in [2.05, 4.69) is 57.1 Å². The van der Waals surface area contributed by atoms with Gasteiger partial charge in [0.15, 0.2) is 5.16 Å². The van der Waals surface area contributed by atoms with Crippen LogP contribution in [-0.4, -0.2) is 33.0 Å². The van der Waals surface area contributed by atoms with E-state index in [1.165, 1.54) is 11.8 Å². The molecule has 1 aromatic heterocycles. The predicted molar refractivity (Wildman–Crippen MR) is 87.3 cm³/mol. The highest BCUT2D eigenvalue weighted by molar-refractivity contribution is 7.99. The molecule has 21 heavy (non-hydrogen) atoms. The summed E-state index contributed by atoms with van der Waals surface area (Å²) in [5.74, 6) is 2.10. The van der Waals surface area contributed by atoms with Gasteiger partial charge in [-0.1, -0.05) is 39.5 Å². The van der Waals surface area contributed by atoms with Gasteiger partial charge in [-0.3, -0.25) is 4.79 Å². The van der Waals surface area contributed by atoms with Gasteiger partial charge in [-0.2, -0.15) is 0 Å². The van der Waals surface area contributed by atoms with Crippen LogP contribution in [0.3, 0.4) is 0 Å². The predicted octanol–water partition coefficient (Wildman–Crippen LogP) is 3.00. The highest BCUT2D eigenvalue weighted by Gasteiger charge is 2.18. The standard InChI is InChI=1S/C15H28N4OS/c1-10(2)13(11(3)4)7-16-14(20)8-21-15-18-17-9-19(15)12(5)6/h9-13H,7-8H2,1-6H3,(H,16,20). The Kier molecular flexibility index (Phi) is 7.22. The lowest BCUT2D eigenvalue weighted by Gasteiger charge is -2.25. The van der Waals surface area contributed by atoms with Crippen LogP contribution < -0.4 is 5.32 Å². The molecule has 0 aliphatic rings. The molecule has 0 radical (unpaired) electrons. The van der Waals surface area contributed by atoms with Crippen LogP contribution >= 0.6 is 11.8 Å². The molecule has 0 bridgehead atoms. The number of amides is 1. The van der Waals surface area contributed by atoms with Crippen LogP contribution in [0.15, 0.2) is 11.5 Å². The minimum atomic E-state index is 0.0598. The van der Waals surface area contributed by atoms with E-state index in [0.29, 0.717) is 29.5 Å². The number of rotatable bonds is 8. The monoisotopic (exact) mass is 312 g/mol. The first-order valence-electron chi connectivity index (χ1n) is 7.61. The van der Waals surface area contributed by atoms with Crippen LogP contribution in [-0.2, 0) is 4.79 Å². The molecule has 6 heteroatoms. The molecular weight excluding hydrogens is 284 g/mol. The minimum Gasteiger partial charge on any atom is -0.355 e. The molecule has 0 saturated heterocycles. The summed E-state index contributed by atoms with van der Waals surface area (Å²) in [6, 6.07) is 0.303. The molecule has 120 valence electrons. The maximum atomic E-state index is 12.0. The highest BCUT2D eigenvalue weighted by Crippen LogP contribution is 2.20. The number of hydrogen-bond donors (Lipinski definition) is 1. The van der Waals surface area contributed by atoms with Crippen molar-refractivity contribution >= 4 is 17.7 Å². The zero-order valence-electron chi connectivity index (χ0n) is 14.0. The molecule has 0 aromatic carbocycles. The molecule has 1 aromatic rings. The normalized spacial score (nSPS) is 11.9. The molecule has 1 amide bonds. The van der Waals surface area contributed by atoms with Gasteiger partial charge < -0.3 is 9.88 Å². The Morgan fingerprint density at radius 1 is 1.24 bits per heavy atom. The fourth-order valence-electron chi connectivity index (χ4n) is 2.34. The van der Waals surface area contributed by atoms with Gasteiger partial charge in [-0.15, -0.1) is 10.2 Å². The zero-order valence-corrected chi connectivity index (χ0v) is 14.8. The van der Waals surface area contributed by atoms with Gasteiger partial charge in [-0.05, 0) is 31.6 Å². The molecule has 0 unspecified atom stereocenters. The van der Waals surface area contributed by atoms with Crippen molar-refractivity contribution in [2.75, 3.05) is 12.3 Å². The zero-order chi connectivity index (χ0) is 16.0. The SMILES string of the molecule is CC(C)C(CNC(=O)CSc1nncn1C(C)C)C(C)C. The molecule has 0 aliphatic heterocycles. The van der Waals surface area contributed by atoms with Crippen LogP contribution in [0, 0.1) is 17.8 Å². The molecule has 1 N–H and O–H groups in total. The molecule has 0 atom stereocenters. The first-order valence-corrected chi connectivity index (χ1v) is 8.60. The Morgan fingerprint density at radius 3 is 2.38 bits per heavy atom. The summed E-state index contributed by atoms with van der Waals surface area (Å²) in [6.45, 7) is 13.7. The Bertz CT molecular complexity index is 435. The van der Waals surface area contributed by atoms with E-state index in [1.807, 2.05) is 4.57 Å². The maximum Gasteiger partial charge on any atom is 0.230 e. The summed E-state index contributed by atoms with van der Waals surface area (Å²) in [5, 5.41) is 11.8. The van der Waals surface area contributed by atoms with Crippen LogP contribution in [0.4, 0.5) is 0 Å². The number of nitrogens with one attached hydrogen (secondary N) is 1. The van der Waals surface area contributed by atoms with Crippen molar-refractivity contribution in [1.29, 1.82) is 0 Å². The van der Waals surface area contributed by atoms with Gasteiger partial charge >= 0.3 is 0 Å². The van der Waals surface area contributed by atoms with Crippen LogP contribution in [0.5, 0.6) is 0 Å². The molecule has 0 spiro atoms. The lowest BCUT2D eigenvalue weighted by molar-refractivity contribution is -0.118. The summed E-state index contributed by atoms with van der Waals surface area (Å²) in [7, 11) is 0. The lowest BCUT2D eigenvalue weighted by Crippen LogP contribution is -2.34. The third-order valence-electron chi connectivity index (χ3n) is 3.68. The first kappa shape index (κ1) is 18.0. The number of hydrogen-bond acceptors (Lipinski definition) is 4. The Morgan fingerprint density at radius 2 is 1.86 bits per heavy atom. The minimum absolute atomic E-state index is 0.0598. The summed E-state index contributed by atoms with van der Waals surface area (Å²) in [4.78, 5) is 12.0. The van der Waals surface area contributed by atoms with Crippen molar-refractivity contribution < 1.29 is 4.79 Å². The van der Waals surface area contributed by atoms with Gasteiger partial charge in [0.1, 0.15) is 6.33 Å². The van der Waals surface area contributed by atoms with E-state index < -0.39 is 0 Å². The number of thioether (sulfide) groups is 1. The first-order chi connectivity index (χ1) is 9.82. The van der Waals surface area contributed by atoms with Crippen molar-refractivity contribution in [3.63, 3.8) is 0 Å². The second kappa shape index (κ2) is 8.41. The molecule has 1 rings (SSSR count). The molecule has 0 aliphatic carbocycles. The second-order valence-corrected chi connectivity index (χ2v) is 7.30. The van der Waals surface area contributed by atoms with Crippen LogP contribution in [0.25, 0.3) is 0 Å². The van der Waals surface area contributed by atoms with E-state index in [1.54, 1.807) is 6.33 Å². The van der Waals surface area contributed by atoms with Crippen molar-refractivity contribution in [2.45, 2.75) is 52.7 Å². The summed E-state index contributed by atoms with van der Waals surface area (Å²) in [6.07, 6.45) is 1.71. The van der Waals surface area contributed by atoms with E-state index in [4.69, 9.17) is 0 Å². The number of carbonyl (C=O) groups excluding carboxylic acids is 1. The Hall–Kier alpha value is -1.04. The van der Waals surface area contributed by atoms with Gasteiger partial charge in [0.2, 0.25) is 5.91 Å².